The number of Topliss-reactive ketones (excluding diaryl/α,β-unsaturated/α-hetero) is 1. The van der Waals surface area contributed by atoms with Crippen molar-refractivity contribution in [1.29, 1.82) is 0 Å². The third kappa shape index (κ3) is 2.95. The molecule has 3 aliphatic rings. The third-order valence-corrected chi connectivity index (χ3v) is 8.16. The molecule has 3 heterocycles. The van der Waals surface area contributed by atoms with Gasteiger partial charge < -0.3 is 10.2 Å². The lowest BCUT2D eigenvalue weighted by molar-refractivity contribution is -0.146. The van der Waals surface area contributed by atoms with Crippen molar-refractivity contribution in [2.45, 2.75) is 11.5 Å². The Balaban J connectivity index is 1.64. The molecule has 0 saturated carbocycles. The van der Waals surface area contributed by atoms with Gasteiger partial charge in [0.2, 0.25) is 0 Å². The van der Waals surface area contributed by atoms with Crippen LogP contribution in [-0.4, -0.2) is 55.2 Å². The molecule has 6 rings (SSSR count). The molecular formula is C30H29N3O2. The van der Waals surface area contributed by atoms with E-state index in [9.17, 15) is 9.59 Å². The molecule has 3 atom stereocenters. The quantitative estimate of drug-likeness (QED) is 0.581. The Hall–Kier alpha value is -3.54. The first kappa shape index (κ1) is 22.0. The van der Waals surface area contributed by atoms with Crippen LogP contribution in [0, 0.1) is 5.41 Å². The largest absolute Gasteiger partial charge is 0.324 e. The van der Waals surface area contributed by atoms with Crippen molar-refractivity contribution in [2.24, 2.45) is 5.41 Å². The standard InChI is InChI=1S/C30H29N3O2/c1-32-18-23(17-21-11-5-3-6-12-21)27(34)29(20-32)25(22-13-7-4-8-14-22)19-33(2)30(29)24-15-9-10-16-26(24)31-28(30)35/h3-17,25H,18-20H2,1-2H3,(H,31,35)/b23-17+/t25-,29+,30+/m1/s1. The van der Waals surface area contributed by atoms with Crippen molar-refractivity contribution in [2.75, 3.05) is 39.0 Å². The van der Waals surface area contributed by atoms with E-state index in [-0.39, 0.29) is 17.6 Å². The molecule has 0 radical (unpaired) electrons. The highest BCUT2D eigenvalue weighted by molar-refractivity contribution is 6.15. The molecule has 5 heteroatoms. The molecular weight excluding hydrogens is 434 g/mol. The molecule has 3 aromatic rings. The molecule has 3 aromatic carbocycles. The van der Waals surface area contributed by atoms with Gasteiger partial charge in [-0.3, -0.25) is 14.5 Å². The Labute approximate surface area is 206 Å². The summed E-state index contributed by atoms with van der Waals surface area (Å²) in [5, 5.41) is 3.13. The van der Waals surface area contributed by atoms with Crippen LogP contribution in [-0.2, 0) is 15.1 Å². The van der Waals surface area contributed by atoms with Gasteiger partial charge in [-0.25, -0.2) is 0 Å². The number of fused-ring (bicyclic) bond motifs is 3. The van der Waals surface area contributed by atoms with Gasteiger partial charge in [0.05, 0.1) is 5.41 Å². The van der Waals surface area contributed by atoms with E-state index in [1.165, 1.54) is 0 Å². The summed E-state index contributed by atoms with van der Waals surface area (Å²) in [6.45, 7) is 1.67. The average molecular weight is 464 g/mol. The van der Waals surface area contributed by atoms with Gasteiger partial charge in [0.15, 0.2) is 5.78 Å². The van der Waals surface area contributed by atoms with E-state index in [2.05, 4.69) is 34.3 Å². The van der Waals surface area contributed by atoms with Gasteiger partial charge in [0.25, 0.3) is 5.91 Å². The number of likely N-dealkylation sites (N-methyl/N-ethyl adjacent to an activating group) is 2. The molecule has 1 amide bonds. The normalized spacial score (nSPS) is 29.8. The highest BCUT2D eigenvalue weighted by atomic mass is 16.2. The molecule has 0 aromatic heterocycles. The molecule has 0 bridgehead atoms. The van der Waals surface area contributed by atoms with Crippen LogP contribution in [0.25, 0.3) is 6.08 Å². The van der Waals surface area contributed by atoms with Crippen molar-refractivity contribution in [1.82, 2.24) is 9.80 Å². The van der Waals surface area contributed by atoms with Gasteiger partial charge in [-0.1, -0.05) is 78.9 Å². The number of amides is 1. The summed E-state index contributed by atoms with van der Waals surface area (Å²) in [6.07, 6.45) is 2.01. The maximum Gasteiger partial charge on any atom is 0.250 e. The predicted octanol–water partition coefficient (Wildman–Crippen LogP) is 4.15. The van der Waals surface area contributed by atoms with Crippen LogP contribution in [0.1, 0.15) is 22.6 Å². The van der Waals surface area contributed by atoms with Crippen LogP contribution in [0.2, 0.25) is 0 Å². The number of likely N-dealkylation sites (tertiary alicyclic amines) is 2. The van der Waals surface area contributed by atoms with Gasteiger partial charge >= 0.3 is 0 Å². The molecule has 0 unspecified atom stereocenters. The molecule has 1 N–H and O–H groups in total. The number of benzene rings is 3. The van der Waals surface area contributed by atoms with Crippen molar-refractivity contribution >= 4 is 23.5 Å². The Kier molecular flexibility index (Phi) is 5.02. The van der Waals surface area contributed by atoms with Crippen LogP contribution in [0.5, 0.6) is 0 Å². The topological polar surface area (TPSA) is 52.7 Å². The van der Waals surface area contributed by atoms with Gasteiger partial charge in [-0.15, -0.1) is 0 Å². The Morgan fingerprint density at radius 1 is 0.886 bits per heavy atom. The number of hydrogen-bond donors (Lipinski definition) is 1. The van der Waals surface area contributed by atoms with Gasteiger partial charge in [0.1, 0.15) is 5.54 Å². The summed E-state index contributed by atoms with van der Waals surface area (Å²) in [4.78, 5) is 33.3. The number of ketones is 1. The van der Waals surface area contributed by atoms with Crippen molar-refractivity contribution in [3.8, 4) is 0 Å². The molecule has 3 aliphatic heterocycles. The first-order valence-electron chi connectivity index (χ1n) is 12.1. The number of carbonyl (C=O) groups excluding carboxylic acids is 2. The number of para-hydroxylation sites is 1. The van der Waals surface area contributed by atoms with E-state index in [4.69, 9.17) is 0 Å². The molecule has 0 aliphatic carbocycles. The lowest BCUT2D eigenvalue weighted by Crippen LogP contribution is -2.65. The number of piperidine rings is 1. The third-order valence-electron chi connectivity index (χ3n) is 8.16. The second-order valence-electron chi connectivity index (χ2n) is 10.1. The minimum absolute atomic E-state index is 0.0736. The maximum absolute atomic E-state index is 14.8. The average Bonchev–Trinajstić information content (AvgIpc) is 3.32. The lowest BCUT2D eigenvalue weighted by atomic mass is 9.56. The molecule has 35 heavy (non-hydrogen) atoms. The van der Waals surface area contributed by atoms with Crippen LogP contribution in [0.4, 0.5) is 5.69 Å². The van der Waals surface area contributed by atoms with Crippen molar-refractivity contribution in [3.63, 3.8) is 0 Å². The summed E-state index contributed by atoms with van der Waals surface area (Å²) >= 11 is 0. The first-order valence-corrected chi connectivity index (χ1v) is 12.1. The number of rotatable bonds is 2. The van der Waals surface area contributed by atoms with Crippen LogP contribution in [0.15, 0.2) is 90.5 Å². The number of carbonyl (C=O) groups is 2. The fourth-order valence-electron chi connectivity index (χ4n) is 6.91. The summed E-state index contributed by atoms with van der Waals surface area (Å²) in [5.41, 5.74) is 2.46. The molecule has 5 nitrogen and oxygen atoms in total. The van der Waals surface area contributed by atoms with Crippen molar-refractivity contribution in [3.05, 3.63) is 107 Å². The molecule has 2 fully saturated rings. The van der Waals surface area contributed by atoms with Gasteiger partial charge in [-0.05, 0) is 37.4 Å². The van der Waals surface area contributed by atoms with Crippen molar-refractivity contribution < 1.29 is 9.59 Å². The number of hydrogen-bond acceptors (Lipinski definition) is 4. The minimum atomic E-state index is -1.09. The molecule has 2 spiro atoms. The SMILES string of the molecule is CN1C/C(=C\c2ccccc2)C(=O)[C@]2(C1)[C@@H](c1ccccc1)CN(C)[C@@]21C(=O)Nc2ccccc21. The smallest absolute Gasteiger partial charge is 0.250 e. The number of anilines is 1. The Bertz CT molecular complexity index is 1340. The Morgan fingerprint density at radius 2 is 1.54 bits per heavy atom. The summed E-state index contributed by atoms with van der Waals surface area (Å²) in [7, 11) is 4.05. The zero-order valence-electron chi connectivity index (χ0n) is 20.1. The highest BCUT2D eigenvalue weighted by Gasteiger charge is 2.74. The second-order valence-corrected chi connectivity index (χ2v) is 10.1. The van der Waals surface area contributed by atoms with E-state index in [1.54, 1.807) is 0 Å². The van der Waals surface area contributed by atoms with Crippen LogP contribution < -0.4 is 5.32 Å². The fourth-order valence-corrected chi connectivity index (χ4v) is 6.91. The van der Waals surface area contributed by atoms with E-state index < -0.39 is 11.0 Å². The first-order chi connectivity index (χ1) is 17.0. The summed E-state index contributed by atoms with van der Waals surface area (Å²) < 4.78 is 0. The maximum atomic E-state index is 14.8. The van der Waals surface area contributed by atoms with Crippen LogP contribution >= 0.6 is 0 Å². The Morgan fingerprint density at radius 3 is 2.29 bits per heavy atom. The zero-order chi connectivity index (χ0) is 24.2. The number of nitrogens with zero attached hydrogens (tertiary/aromatic N) is 2. The summed E-state index contributed by atoms with van der Waals surface area (Å²) in [5.74, 6) is -0.174. The predicted molar refractivity (Wildman–Crippen MR) is 138 cm³/mol. The van der Waals surface area contributed by atoms with E-state index in [1.807, 2.05) is 85.9 Å². The minimum Gasteiger partial charge on any atom is -0.324 e. The van der Waals surface area contributed by atoms with E-state index >= 15 is 0 Å². The summed E-state index contributed by atoms with van der Waals surface area (Å²) in [6, 6.07) is 28.1. The second kappa shape index (κ2) is 8.01. The van der Waals surface area contributed by atoms with Gasteiger partial charge in [-0.2, -0.15) is 0 Å². The molecule has 2 saturated heterocycles. The zero-order valence-corrected chi connectivity index (χ0v) is 20.1. The van der Waals surface area contributed by atoms with Crippen LogP contribution in [0.3, 0.4) is 0 Å². The van der Waals surface area contributed by atoms with E-state index in [0.717, 1.165) is 28.0 Å². The molecule has 176 valence electrons. The monoisotopic (exact) mass is 463 g/mol. The number of nitrogens with one attached hydrogen (secondary N) is 1. The highest BCUT2D eigenvalue weighted by Crippen LogP contribution is 2.64. The van der Waals surface area contributed by atoms with E-state index in [0.29, 0.717) is 19.6 Å². The fraction of sp³-hybridized carbons (Fsp3) is 0.267. The van der Waals surface area contributed by atoms with Gasteiger partial charge in [0, 0.05) is 42.4 Å². The lowest BCUT2D eigenvalue weighted by Gasteiger charge is -2.50.